The minimum Gasteiger partial charge on any atom is -0.507 e. The Hall–Kier alpha value is -4.83. The van der Waals surface area contributed by atoms with Gasteiger partial charge in [-0.25, -0.2) is 4.79 Å². The first-order chi connectivity index (χ1) is 25.3. The monoisotopic (exact) mass is 753 g/mol. The zero-order chi connectivity index (χ0) is 40.0. The van der Waals surface area contributed by atoms with Crippen LogP contribution < -0.4 is 10.1 Å². The molecule has 0 unspecified atom stereocenters. The average molecular weight is 754 g/mol. The second kappa shape index (κ2) is 15.1. The Bertz CT molecular complexity index is 1880. The van der Waals surface area contributed by atoms with Gasteiger partial charge in [-0.15, -0.1) is 0 Å². The maximum absolute atomic E-state index is 14.3. The van der Waals surface area contributed by atoms with Gasteiger partial charge in [0.25, 0.3) is 17.5 Å². The normalized spacial score (nSPS) is 36.6. The molecule has 4 N–H and O–H groups in total. The van der Waals surface area contributed by atoms with E-state index in [9.17, 15) is 39.3 Å². The molecular formula is C39H47NO14. The van der Waals surface area contributed by atoms with Crippen molar-refractivity contribution in [1.82, 2.24) is 5.32 Å². The molecule has 1 aromatic carbocycles. The van der Waals surface area contributed by atoms with Crippen LogP contribution in [0.5, 0.6) is 11.5 Å². The Balaban J connectivity index is 1.66. The number of carbonyl (C=O) groups is 5. The fourth-order valence-electron chi connectivity index (χ4n) is 7.37. The van der Waals surface area contributed by atoms with Crippen LogP contribution in [0.3, 0.4) is 0 Å². The van der Waals surface area contributed by atoms with Crippen LogP contribution in [0.2, 0.25) is 0 Å². The number of Topliss-reactive ketones (excluding diaryl/α,β-unsaturated/α-hetero) is 2. The van der Waals surface area contributed by atoms with Crippen LogP contribution in [0.4, 0.5) is 0 Å². The highest BCUT2D eigenvalue weighted by atomic mass is 16.8. The number of esters is 2. The van der Waals surface area contributed by atoms with Crippen molar-refractivity contribution in [2.45, 2.75) is 91.4 Å². The number of phenolic OH excluding ortho intramolecular Hbond substituents is 1. The van der Waals surface area contributed by atoms with Crippen molar-refractivity contribution < 1.29 is 67.7 Å². The Labute approximate surface area is 312 Å². The maximum atomic E-state index is 14.3. The standard InChI is InChI=1S/C39H47NO14/c1-17-11-10-12-18(2)37(48)40-24-15-39(51-16-26(42)53-39)29-27(33(24)46)32(45)22(6)35-28(29)36(47)38(8,54-35)50-14-13-25(49-9)19(3)34(52-23(7)41)21(5)31(44)20(4)30(17)43/h10-15,17,19-21,25,30-31,34,43-45H,16H2,1-9H3,(H,40,48)/b11-10-,14-13-,18-12-/t17-,19+,20+,21+,25-,30-,31+,34+,38-,39-/m0/s1. The first kappa shape index (κ1) is 40.4. The lowest BCUT2D eigenvalue weighted by atomic mass is 9.78. The summed E-state index contributed by atoms with van der Waals surface area (Å²) in [7, 11) is 1.42. The van der Waals surface area contributed by atoms with E-state index < -0.39 is 107 Å². The molecule has 10 atom stereocenters. The van der Waals surface area contributed by atoms with Crippen molar-refractivity contribution in [3.63, 3.8) is 0 Å². The molecule has 0 aromatic heterocycles. The fourth-order valence-corrected chi connectivity index (χ4v) is 7.37. The molecule has 4 aliphatic heterocycles. The summed E-state index contributed by atoms with van der Waals surface area (Å²) in [6.45, 7) is 11.7. The van der Waals surface area contributed by atoms with E-state index in [0.717, 1.165) is 12.3 Å². The van der Waals surface area contributed by atoms with Crippen LogP contribution in [-0.2, 0) is 43.9 Å². The number of ketones is 2. The van der Waals surface area contributed by atoms with Gasteiger partial charge in [0.15, 0.2) is 0 Å². The molecule has 54 heavy (non-hydrogen) atoms. The van der Waals surface area contributed by atoms with Gasteiger partial charge in [-0.1, -0.05) is 45.9 Å². The molecule has 15 heteroatoms. The minimum absolute atomic E-state index is 0.00812. The Morgan fingerprint density at radius 3 is 2.26 bits per heavy atom. The molecule has 1 aliphatic carbocycles. The minimum atomic E-state index is -2.21. The van der Waals surface area contributed by atoms with Crippen LogP contribution in [0.1, 0.15) is 80.3 Å². The number of aromatic hydroxyl groups is 1. The van der Waals surface area contributed by atoms with Gasteiger partial charge in [0, 0.05) is 61.8 Å². The number of benzene rings is 1. The second-order valence-electron chi connectivity index (χ2n) is 14.4. The van der Waals surface area contributed by atoms with E-state index in [4.69, 9.17) is 28.4 Å². The van der Waals surface area contributed by atoms with Gasteiger partial charge in [-0.05, 0) is 19.9 Å². The van der Waals surface area contributed by atoms with Crippen molar-refractivity contribution in [2.75, 3.05) is 13.7 Å². The van der Waals surface area contributed by atoms with Crippen LogP contribution in [0, 0.1) is 30.6 Å². The van der Waals surface area contributed by atoms with Gasteiger partial charge in [-0.2, -0.15) is 0 Å². The molecule has 1 spiro atoms. The van der Waals surface area contributed by atoms with Crippen LogP contribution >= 0.6 is 0 Å². The number of allylic oxidation sites excluding steroid dienone is 3. The summed E-state index contributed by atoms with van der Waals surface area (Å²) in [6, 6.07) is 0. The van der Waals surface area contributed by atoms with Crippen LogP contribution in [0.15, 0.2) is 47.9 Å². The largest absolute Gasteiger partial charge is 0.507 e. The maximum Gasteiger partial charge on any atom is 0.335 e. The summed E-state index contributed by atoms with van der Waals surface area (Å²) in [4.78, 5) is 66.6. The predicted molar refractivity (Wildman–Crippen MR) is 189 cm³/mol. The van der Waals surface area contributed by atoms with Crippen LogP contribution in [0.25, 0.3) is 0 Å². The van der Waals surface area contributed by atoms with E-state index in [1.54, 1.807) is 39.8 Å². The second-order valence-corrected chi connectivity index (χ2v) is 14.4. The summed E-state index contributed by atoms with van der Waals surface area (Å²) in [5, 5.41) is 36.6. The predicted octanol–water partition coefficient (Wildman–Crippen LogP) is 3.17. The number of rotatable bonds is 2. The zero-order valence-corrected chi connectivity index (χ0v) is 31.6. The molecule has 15 nitrogen and oxygen atoms in total. The van der Waals surface area contributed by atoms with Gasteiger partial charge in [0.1, 0.15) is 24.2 Å². The molecule has 5 bridgehead atoms. The molecule has 1 saturated heterocycles. The summed E-state index contributed by atoms with van der Waals surface area (Å²) in [5.41, 5.74) is -1.23. The van der Waals surface area contributed by atoms with Crippen molar-refractivity contribution >= 4 is 29.4 Å². The third kappa shape index (κ3) is 7.08. The van der Waals surface area contributed by atoms with Gasteiger partial charge in [-0.3, -0.25) is 19.2 Å². The number of hydrogen-bond donors (Lipinski definition) is 4. The quantitative estimate of drug-likeness (QED) is 0.320. The number of hydrogen-bond acceptors (Lipinski definition) is 14. The van der Waals surface area contributed by atoms with Gasteiger partial charge < -0.3 is 49.1 Å². The van der Waals surface area contributed by atoms with Crippen molar-refractivity contribution in [1.29, 1.82) is 0 Å². The Morgan fingerprint density at radius 1 is 0.963 bits per heavy atom. The molecule has 1 aromatic rings. The summed E-state index contributed by atoms with van der Waals surface area (Å²) >= 11 is 0. The van der Waals surface area contributed by atoms with Gasteiger partial charge >= 0.3 is 17.7 Å². The van der Waals surface area contributed by atoms with E-state index in [1.807, 2.05) is 0 Å². The number of aliphatic hydroxyl groups excluding tert-OH is 2. The number of ether oxygens (including phenoxy) is 6. The summed E-state index contributed by atoms with van der Waals surface area (Å²) in [5.74, 6) is -11.4. The first-order valence-corrected chi connectivity index (χ1v) is 17.6. The van der Waals surface area contributed by atoms with E-state index in [1.165, 1.54) is 47.0 Å². The van der Waals surface area contributed by atoms with E-state index in [0.29, 0.717) is 0 Å². The fraction of sp³-hybridized carbons (Fsp3) is 0.513. The highest BCUT2D eigenvalue weighted by molar-refractivity contribution is 6.19. The average Bonchev–Trinajstić information content (AvgIpc) is 3.62. The smallest absolute Gasteiger partial charge is 0.335 e. The molecule has 4 heterocycles. The van der Waals surface area contributed by atoms with Gasteiger partial charge in [0.2, 0.25) is 5.78 Å². The van der Waals surface area contributed by atoms with Crippen molar-refractivity contribution in [2.24, 2.45) is 23.7 Å². The number of fused-ring (bicyclic) bond motifs is 13. The van der Waals surface area contributed by atoms with Gasteiger partial charge in [0.05, 0.1) is 47.0 Å². The molecule has 6 rings (SSSR count). The number of methoxy groups -OCH3 is 1. The van der Waals surface area contributed by atoms with Crippen molar-refractivity contribution in [3.05, 3.63) is 70.2 Å². The lowest BCUT2D eigenvalue weighted by Crippen LogP contribution is -2.46. The lowest BCUT2D eigenvalue weighted by molar-refractivity contribution is -0.161. The highest BCUT2D eigenvalue weighted by Gasteiger charge is 2.58. The topological polar surface area (TPSA) is 213 Å². The van der Waals surface area contributed by atoms with E-state index in [-0.39, 0.29) is 33.7 Å². The number of nitrogens with one attached hydrogen (secondary N) is 1. The van der Waals surface area contributed by atoms with E-state index in [2.05, 4.69) is 5.32 Å². The lowest BCUT2D eigenvalue weighted by Gasteiger charge is -2.38. The van der Waals surface area contributed by atoms with Crippen LogP contribution in [-0.4, -0.2) is 88.7 Å². The Kier molecular flexibility index (Phi) is 11.3. The molecule has 1 fully saturated rings. The summed E-state index contributed by atoms with van der Waals surface area (Å²) < 4.78 is 34.8. The number of aliphatic hydroxyl groups is 2. The third-order valence-corrected chi connectivity index (χ3v) is 10.6. The number of amides is 1. The zero-order valence-electron chi connectivity index (χ0n) is 31.6. The molecule has 292 valence electrons. The highest BCUT2D eigenvalue weighted by Crippen LogP contribution is 2.53. The first-order valence-electron chi connectivity index (χ1n) is 17.6. The molecule has 0 radical (unpaired) electrons. The molecule has 1 amide bonds. The molecular weight excluding hydrogens is 706 g/mol. The number of phenols is 1. The Morgan fingerprint density at radius 2 is 1.65 bits per heavy atom. The SMILES string of the molecule is CO[C@H]1/C=C\O[C@@]2(C)Oc3c(C)c(O)c4c(c3C2=O)[C@@]2(C=C(NC(=O)/C(C)=C\C=C/[C@H](C)[C@H](O)[C@@H](C)[C@@H](O)[C@@H](C)[C@H](OC(C)=O)[C@@H]1C)C4=O)OCC(=O)O2. The molecule has 5 aliphatic rings. The molecule has 0 saturated carbocycles. The summed E-state index contributed by atoms with van der Waals surface area (Å²) in [6.07, 6.45) is 4.41. The van der Waals surface area contributed by atoms with Crippen molar-refractivity contribution in [3.8, 4) is 11.5 Å². The van der Waals surface area contributed by atoms with E-state index >= 15 is 0 Å². The number of carbonyl (C=O) groups excluding carboxylic acids is 5. The third-order valence-electron chi connectivity index (χ3n) is 10.6.